The lowest BCUT2D eigenvalue weighted by molar-refractivity contribution is 0.569. The molecule has 0 saturated carbocycles. The summed E-state index contributed by atoms with van der Waals surface area (Å²) in [6, 6.07) is 7.10. The van der Waals surface area contributed by atoms with Gasteiger partial charge in [0.25, 0.3) is 0 Å². The Kier molecular flexibility index (Phi) is 4.18. The van der Waals surface area contributed by atoms with E-state index in [0.717, 1.165) is 6.42 Å². The van der Waals surface area contributed by atoms with E-state index in [1.807, 2.05) is 0 Å². The summed E-state index contributed by atoms with van der Waals surface area (Å²) in [4.78, 5) is 0. The van der Waals surface area contributed by atoms with Crippen LogP contribution in [0.1, 0.15) is 55.3 Å². The van der Waals surface area contributed by atoms with Gasteiger partial charge in [-0.2, -0.15) is 0 Å². The average Bonchev–Trinajstić information content (AvgIpc) is 2.18. The standard InChI is InChI=1S/C13H19N.ClH/c1-9(2)11-7-6-10-4-3-5-13(14)12(10)8-11;/h6-9,13H,3-5,14H2,1-2H3;1H/t13-;/m1./s1. The third kappa shape index (κ3) is 2.53. The zero-order chi connectivity index (χ0) is 10.1. The quantitative estimate of drug-likeness (QED) is 0.777. The smallest absolute Gasteiger partial charge is 0.0297 e. The summed E-state index contributed by atoms with van der Waals surface area (Å²) in [5.41, 5.74) is 10.4. The van der Waals surface area contributed by atoms with E-state index >= 15 is 0 Å². The molecule has 15 heavy (non-hydrogen) atoms. The Hall–Kier alpha value is -0.530. The van der Waals surface area contributed by atoms with Crippen molar-refractivity contribution in [3.8, 4) is 0 Å². The molecule has 2 rings (SSSR count). The highest BCUT2D eigenvalue weighted by atomic mass is 35.5. The van der Waals surface area contributed by atoms with Crippen molar-refractivity contribution >= 4 is 12.4 Å². The van der Waals surface area contributed by atoms with Crippen molar-refractivity contribution in [1.29, 1.82) is 0 Å². The Morgan fingerprint density at radius 3 is 2.73 bits per heavy atom. The molecule has 0 radical (unpaired) electrons. The predicted molar refractivity (Wildman–Crippen MR) is 67.6 cm³/mol. The van der Waals surface area contributed by atoms with E-state index in [0.29, 0.717) is 5.92 Å². The van der Waals surface area contributed by atoms with Crippen LogP contribution in [0.25, 0.3) is 0 Å². The summed E-state index contributed by atoms with van der Waals surface area (Å²) in [6.45, 7) is 4.46. The normalized spacial score (nSPS) is 19.6. The van der Waals surface area contributed by atoms with Gasteiger partial charge in [0, 0.05) is 6.04 Å². The largest absolute Gasteiger partial charge is 0.324 e. The van der Waals surface area contributed by atoms with Crippen LogP contribution in [-0.2, 0) is 6.42 Å². The first-order valence-electron chi connectivity index (χ1n) is 5.57. The molecule has 0 heterocycles. The van der Waals surface area contributed by atoms with Crippen molar-refractivity contribution < 1.29 is 0 Å². The van der Waals surface area contributed by atoms with E-state index < -0.39 is 0 Å². The molecule has 0 saturated heterocycles. The van der Waals surface area contributed by atoms with Gasteiger partial charge >= 0.3 is 0 Å². The molecular weight excluding hydrogens is 206 g/mol. The van der Waals surface area contributed by atoms with Crippen LogP contribution in [0.2, 0.25) is 0 Å². The fourth-order valence-electron chi connectivity index (χ4n) is 2.21. The SMILES string of the molecule is CC(C)c1ccc2c(c1)[C@H](N)CCC2.Cl. The second-order valence-electron chi connectivity index (χ2n) is 4.61. The first kappa shape index (κ1) is 12.5. The van der Waals surface area contributed by atoms with Gasteiger partial charge in [0.05, 0.1) is 0 Å². The molecule has 0 aliphatic heterocycles. The van der Waals surface area contributed by atoms with Gasteiger partial charge in [-0.3, -0.25) is 0 Å². The molecule has 2 N–H and O–H groups in total. The van der Waals surface area contributed by atoms with Crippen LogP contribution in [0.4, 0.5) is 0 Å². The van der Waals surface area contributed by atoms with Crippen molar-refractivity contribution in [3.63, 3.8) is 0 Å². The third-order valence-electron chi connectivity index (χ3n) is 3.20. The number of benzene rings is 1. The molecule has 1 atom stereocenters. The Balaban J connectivity index is 0.00000112. The van der Waals surface area contributed by atoms with Crippen molar-refractivity contribution in [2.24, 2.45) is 5.73 Å². The van der Waals surface area contributed by atoms with Crippen LogP contribution in [0.3, 0.4) is 0 Å². The van der Waals surface area contributed by atoms with Gasteiger partial charge < -0.3 is 5.73 Å². The van der Waals surface area contributed by atoms with Crippen LogP contribution in [-0.4, -0.2) is 0 Å². The highest BCUT2D eigenvalue weighted by Crippen LogP contribution is 2.30. The molecule has 0 amide bonds. The summed E-state index contributed by atoms with van der Waals surface area (Å²) >= 11 is 0. The maximum absolute atomic E-state index is 6.12. The maximum atomic E-state index is 6.12. The number of fused-ring (bicyclic) bond motifs is 1. The van der Waals surface area contributed by atoms with Crippen LogP contribution in [0, 0.1) is 0 Å². The van der Waals surface area contributed by atoms with Crippen molar-refractivity contribution in [2.45, 2.75) is 45.1 Å². The molecule has 1 aromatic carbocycles. The molecule has 0 aromatic heterocycles. The predicted octanol–water partition coefficient (Wildman–Crippen LogP) is 3.57. The summed E-state index contributed by atoms with van der Waals surface area (Å²) in [5.74, 6) is 0.606. The van der Waals surface area contributed by atoms with Crippen molar-refractivity contribution in [2.75, 3.05) is 0 Å². The third-order valence-corrected chi connectivity index (χ3v) is 3.20. The minimum atomic E-state index is 0. The van der Waals surface area contributed by atoms with E-state index in [9.17, 15) is 0 Å². The first-order valence-corrected chi connectivity index (χ1v) is 5.57. The van der Waals surface area contributed by atoms with Crippen molar-refractivity contribution in [1.82, 2.24) is 0 Å². The molecule has 1 aliphatic rings. The molecule has 0 spiro atoms. The Bertz CT molecular complexity index is 333. The number of hydrogen-bond acceptors (Lipinski definition) is 1. The molecule has 2 heteroatoms. The molecule has 1 nitrogen and oxygen atoms in total. The van der Waals surface area contributed by atoms with Crippen molar-refractivity contribution in [3.05, 3.63) is 34.9 Å². The lowest BCUT2D eigenvalue weighted by atomic mass is 9.85. The zero-order valence-electron chi connectivity index (χ0n) is 9.49. The summed E-state index contributed by atoms with van der Waals surface area (Å²) in [6.07, 6.45) is 3.60. The van der Waals surface area contributed by atoms with Crippen LogP contribution in [0.15, 0.2) is 18.2 Å². The molecular formula is C13H20ClN. The fourth-order valence-corrected chi connectivity index (χ4v) is 2.21. The van der Waals surface area contributed by atoms with Gasteiger partial charge in [-0.05, 0) is 41.9 Å². The van der Waals surface area contributed by atoms with Gasteiger partial charge in [0.15, 0.2) is 0 Å². The molecule has 1 aromatic rings. The van der Waals surface area contributed by atoms with E-state index in [1.165, 1.54) is 29.5 Å². The second kappa shape index (κ2) is 5.00. The molecule has 0 fully saturated rings. The summed E-state index contributed by atoms with van der Waals surface area (Å²) in [7, 11) is 0. The van der Waals surface area contributed by atoms with Gasteiger partial charge in [-0.15, -0.1) is 12.4 Å². The fraction of sp³-hybridized carbons (Fsp3) is 0.538. The molecule has 1 aliphatic carbocycles. The topological polar surface area (TPSA) is 26.0 Å². The van der Waals surface area contributed by atoms with Crippen LogP contribution < -0.4 is 5.73 Å². The van der Waals surface area contributed by atoms with Gasteiger partial charge in [-0.1, -0.05) is 32.0 Å². The van der Waals surface area contributed by atoms with Gasteiger partial charge in [0.2, 0.25) is 0 Å². The number of aryl methyl sites for hydroxylation is 1. The highest BCUT2D eigenvalue weighted by molar-refractivity contribution is 5.85. The summed E-state index contributed by atoms with van der Waals surface area (Å²) in [5, 5.41) is 0. The molecule has 0 unspecified atom stereocenters. The lowest BCUT2D eigenvalue weighted by Crippen LogP contribution is -2.17. The van der Waals surface area contributed by atoms with E-state index in [4.69, 9.17) is 5.73 Å². The zero-order valence-corrected chi connectivity index (χ0v) is 10.3. The first-order chi connectivity index (χ1) is 6.68. The average molecular weight is 226 g/mol. The Morgan fingerprint density at radius 1 is 1.33 bits per heavy atom. The van der Waals surface area contributed by atoms with Gasteiger partial charge in [0.1, 0.15) is 0 Å². The van der Waals surface area contributed by atoms with E-state index in [1.54, 1.807) is 0 Å². The monoisotopic (exact) mass is 225 g/mol. The second-order valence-corrected chi connectivity index (χ2v) is 4.61. The van der Waals surface area contributed by atoms with Crippen LogP contribution >= 0.6 is 12.4 Å². The van der Waals surface area contributed by atoms with E-state index in [2.05, 4.69) is 32.0 Å². The maximum Gasteiger partial charge on any atom is 0.0297 e. The number of rotatable bonds is 1. The number of halogens is 1. The minimum Gasteiger partial charge on any atom is -0.324 e. The number of hydrogen-bond donors (Lipinski definition) is 1. The van der Waals surface area contributed by atoms with Gasteiger partial charge in [-0.25, -0.2) is 0 Å². The molecule has 0 bridgehead atoms. The number of nitrogens with two attached hydrogens (primary N) is 1. The van der Waals surface area contributed by atoms with Crippen LogP contribution in [0.5, 0.6) is 0 Å². The summed E-state index contributed by atoms with van der Waals surface area (Å²) < 4.78 is 0. The Labute approximate surface area is 98.5 Å². The molecule has 84 valence electrons. The lowest BCUT2D eigenvalue weighted by Gasteiger charge is -2.23. The minimum absolute atomic E-state index is 0. The highest BCUT2D eigenvalue weighted by Gasteiger charge is 2.17. The van der Waals surface area contributed by atoms with E-state index in [-0.39, 0.29) is 18.4 Å². The Morgan fingerprint density at radius 2 is 2.07 bits per heavy atom.